The van der Waals surface area contributed by atoms with Gasteiger partial charge >= 0.3 is 0 Å². The second-order valence-electron chi connectivity index (χ2n) is 14.3. The first kappa shape index (κ1) is 27.3. The summed E-state index contributed by atoms with van der Waals surface area (Å²) >= 11 is 0. The highest BCUT2D eigenvalue weighted by Crippen LogP contribution is 2.58. The molecule has 3 unspecified atom stereocenters. The van der Waals surface area contributed by atoms with Gasteiger partial charge in [0.25, 0.3) is 0 Å². The molecule has 3 atom stereocenters. The molecule has 2 aliphatic carbocycles. The molecule has 0 aromatic heterocycles. The molecule has 2 aromatic carbocycles. The van der Waals surface area contributed by atoms with Crippen LogP contribution in [0.25, 0.3) is 11.1 Å². The minimum Gasteiger partial charge on any atom is -0.332 e. The summed E-state index contributed by atoms with van der Waals surface area (Å²) in [4.78, 5) is 2.86. The fraction of sp³-hybridized carbons (Fsp3) is 0.500. The molecular weight excluding hydrogens is 457 g/mol. The van der Waals surface area contributed by atoms with Crippen molar-refractivity contribution in [2.45, 2.75) is 116 Å². The highest BCUT2D eigenvalue weighted by Gasteiger charge is 2.52. The van der Waals surface area contributed by atoms with Gasteiger partial charge in [-0.25, -0.2) is 0 Å². The summed E-state index contributed by atoms with van der Waals surface area (Å²) in [6.07, 6.45) is 13.0. The average Bonchev–Trinajstić information content (AvgIpc) is 3.42. The lowest BCUT2D eigenvalue weighted by atomic mass is 9.37. The van der Waals surface area contributed by atoms with Crippen molar-refractivity contribution in [3.63, 3.8) is 0 Å². The van der Waals surface area contributed by atoms with Gasteiger partial charge in [0.1, 0.15) is 0 Å². The predicted octanol–water partition coefficient (Wildman–Crippen LogP) is 9.93. The molecule has 0 radical (unpaired) electrons. The van der Waals surface area contributed by atoms with Crippen LogP contribution in [0.1, 0.15) is 121 Å². The lowest BCUT2D eigenvalue weighted by molar-refractivity contribution is 0.273. The van der Waals surface area contributed by atoms with Crippen LogP contribution in [0.2, 0.25) is 5.82 Å². The molecule has 0 saturated heterocycles. The second-order valence-corrected chi connectivity index (χ2v) is 14.3. The number of fused-ring (bicyclic) bond motifs is 3. The molecule has 1 heterocycles. The third-order valence-corrected chi connectivity index (χ3v) is 9.30. The van der Waals surface area contributed by atoms with Gasteiger partial charge in [0.2, 0.25) is 6.85 Å². The first-order chi connectivity index (χ1) is 17.8. The number of hydrogen-bond acceptors (Lipinski definition) is 1. The Labute approximate surface area is 233 Å². The summed E-state index contributed by atoms with van der Waals surface area (Å²) in [5, 5.41) is 0. The molecule has 200 valence electrons. The van der Waals surface area contributed by atoms with Crippen molar-refractivity contribution in [1.29, 1.82) is 0 Å². The van der Waals surface area contributed by atoms with Gasteiger partial charge in [-0.15, -0.1) is 6.58 Å². The van der Waals surface area contributed by atoms with Crippen LogP contribution in [0.5, 0.6) is 0 Å². The molecule has 2 heteroatoms. The van der Waals surface area contributed by atoms with Gasteiger partial charge in [-0.1, -0.05) is 116 Å². The smallest absolute Gasteiger partial charge is 0.247 e. The zero-order valence-corrected chi connectivity index (χ0v) is 25.4. The molecule has 0 fully saturated rings. The van der Waals surface area contributed by atoms with Crippen LogP contribution in [0.15, 0.2) is 66.8 Å². The third-order valence-electron chi connectivity index (χ3n) is 9.30. The van der Waals surface area contributed by atoms with E-state index in [0.29, 0.717) is 30.6 Å². The van der Waals surface area contributed by atoms with Gasteiger partial charge in [0, 0.05) is 11.9 Å². The molecule has 3 aliphatic rings. The predicted molar refractivity (Wildman–Crippen MR) is 167 cm³/mol. The lowest BCUT2D eigenvalue weighted by Gasteiger charge is -2.49. The van der Waals surface area contributed by atoms with Crippen molar-refractivity contribution < 1.29 is 0 Å². The van der Waals surface area contributed by atoms with Crippen molar-refractivity contribution in [3.8, 4) is 11.1 Å². The summed E-state index contributed by atoms with van der Waals surface area (Å²) in [6.45, 7) is 25.8. The van der Waals surface area contributed by atoms with Gasteiger partial charge in [-0.2, -0.15) is 0 Å². The highest BCUT2D eigenvalue weighted by molar-refractivity contribution is 6.62. The molecule has 2 aromatic rings. The van der Waals surface area contributed by atoms with Crippen LogP contribution in [0, 0.1) is 0 Å². The van der Waals surface area contributed by atoms with E-state index in [4.69, 9.17) is 0 Å². The van der Waals surface area contributed by atoms with Crippen LogP contribution in [0.3, 0.4) is 0 Å². The standard InChI is InChI=1S/C36H48BN/c1-11-12-13-14-25-15-17-27(21-25)37-34-30-22-26(35(5,6)7)16-18-28(30)29-19-20-31(36(8,9)10)32(33(29)34)24(4)38(37)23(2)3/h11,15-24,27,34H,1,12-14H2,2-10H3. The number of allylic oxidation sites excluding steroid dienone is 5. The molecule has 0 bridgehead atoms. The van der Waals surface area contributed by atoms with E-state index in [-0.39, 0.29) is 10.8 Å². The largest absolute Gasteiger partial charge is 0.332 e. The van der Waals surface area contributed by atoms with Crippen LogP contribution in [0.4, 0.5) is 0 Å². The van der Waals surface area contributed by atoms with E-state index in [1.54, 1.807) is 16.7 Å². The molecule has 1 nitrogen and oxygen atoms in total. The van der Waals surface area contributed by atoms with E-state index in [1.807, 2.05) is 6.08 Å². The Morgan fingerprint density at radius 1 is 0.974 bits per heavy atom. The number of hydrogen-bond donors (Lipinski definition) is 0. The van der Waals surface area contributed by atoms with E-state index in [9.17, 15) is 0 Å². The maximum atomic E-state index is 3.92. The SMILES string of the molecule is C=CCCCC1=CC(B2C3c4cc(C(C)(C)C)ccc4-c4ccc(C(C)(C)C)c(c43)C(C)N2C(C)C)C=C1. The second kappa shape index (κ2) is 9.70. The molecule has 0 amide bonds. The Morgan fingerprint density at radius 2 is 1.68 bits per heavy atom. The maximum Gasteiger partial charge on any atom is 0.247 e. The van der Waals surface area contributed by atoms with Gasteiger partial charge in [0.05, 0.1) is 0 Å². The first-order valence-electron chi connectivity index (χ1n) is 14.9. The fourth-order valence-electron chi connectivity index (χ4n) is 7.57. The minimum atomic E-state index is 0.107. The Bertz CT molecular complexity index is 1300. The molecule has 0 spiro atoms. The van der Waals surface area contributed by atoms with Gasteiger partial charge in [-0.05, 0) is 87.8 Å². The molecule has 38 heavy (non-hydrogen) atoms. The van der Waals surface area contributed by atoms with E-state index in [0.717, 1.165) is 12.8 Å². The zero-order valence-electron chi connectivity index (χ0n) is 25.4. The summed E-state index contributed by atoms with van der Waals surface area (Å²) in [5.41, 5.74) is 12.4. The number of rotatable bonds is 6. The lowest BCUT2D eigenvalue weighted by Crippen LogP contribution is -2.54. The Morgan fingerprint density at radius 3 is 2.32 bits per heavy atom. The van der Waals surface area contributed by atoms with Crippen LogP contribution in [-0.2, 0) is 10.8 Å². The Kier molecular flexibility index (Phi) is 6.96. The molecule has 1 aliphatic heterocycles. The van der Waals surface area contributed by atoms with Crippen LogP contribution < -0.4 is 0 Å². The van der Waals surface area contributed by atoms with Crippen molar-refractivity contribution in [2.24, 2.45) is 0 Å². The van der Waals surface area contributed by atoms with E-state index >= 15 is 0 Å². The third kappa shape index (κ3) is 4.47. The van der Waals surface area contributed by atoms with Gasteiger partial charge < -0.3 is 4.81 Å². The van der Waals surface area contributed by atoms with Crippen LogP contribution in [-0.4, -0.2) is 17.7 Å². The topological polar surface area (TPSA) is 3.24 Å². The summed E-state index contributed by atoms with van der Waals surface area (Å²) in [5.74, 6) is 0.809. The molecule has 5 rings (SSSR count). The monoisotopic (exact) mass is 505 g/mol. The quantitative estimate of drug-likeness (QED) is 0.214. The Balaban J connectivity index is 1.74. The zero-order chi connectivity index (χ0) is 27.6. The van der Waals surface area contributed by atoms with Crippen molar-refractivity contribution in [2.75, 3.05) is 0 Å². The maximum absolute atomic E-state index is 3.92. The number of unbranched alkanes of at least 4 members (excludes halogenated alkanes) is 1. The van der Waals surface area contributed by atoms with Crippen molar-refractivity contribution in [1.82, 2.24) is 4.81 Å². The van der Waals surface area contributed by atoms with Crippen LogP contribution >= 0.6 is 0 Å². The van der Waals surface area contributed by atoms with E-state index in [1.165, 1.54) is 34.2 Å². The number of nitrogens with zero attached hydrogens (tertiary/aromatic N) is 1. The first-order valence-corrected chi connectivity index (χ1v) is 14.9. The number of benzene rings is 2. The normalized spacial score (nSPS) is 22.6. The van der Waals surface area contributed by atoms with Gasteiger partial charge in [-0.3, -0.25) is 0 Å². The Hall–Kier alpha value is -2.32. The van der Waals surface area contributed by atoms with Crippen molar-refractivity contribution in [3.05, 3.63) is 94.6 Å². The highest BCUT2D eigenvalue weighted by atomic mass is 15.1. The summed E-state index contributed by atoms with van der Waals surface area (Å²) in [7, 11) is 0. The van der Waals surface area contributed by atoms with E-state index < -0.39 is 0 Å². The van der Waals surface area contributed by atoms with Gasteiger partial charge in [0.15, 0.2) is 0 Å². The van der Waals surface area contributed by atoms with E-state index in [2.05, 4.69) is 122 Å². The molecule has 0 N–H and O–H groups in total. The fourth-order valence-corrected chi connectivity index (χ4v) is 7.57. The minimum absolute atomic E-state index is 0.107. The average molecular weight is 506 g/mol. The van der Waals surface area contributed by atoms with Crippen molar-refractivity contribution >= 4 is 6.85 Å². The molecule has 0 saturated carbocycles. The molecular formula is C36H48BN. The summed E-state index contributed by atoms with van der Waals surface area (Å²) in [6, 6.07) is 13.1. The summed E-state index contributed by atoms with van der Waals surface area (Å²) < 4.78 is 0.